The van der Waals surface area contributed by atoms with Crippen molar-refractivity contribution in [2.45, 2.75) is 6.92 Å². The van der Waals surface area contributed by atoms with Crippen molar-refractivity contribution < 1.29 is 28.6 Å². The van der Waals surface area contributed by atoms with E-state index in [9.17, 15) is 14.7 Å². The highest BCUT2D eigenvalue weighted by atomic mass is 16.5. The lowest BCUT2D eigenvalue weighted by Gasteiger charge is -2.12. The molecule has 2 N–H and O–H groups in total. The van der Waals surface area contributed by atoms with Crippen LogP contribution >= 0.6 is 0 Å². The standard InChI is InChI=1S/C27H23NO6/c1-16-23(27(30)31)15-24(34-16)17-7-9-20(10-8-17)28-26(29)19-6-4-5-18(13-19)22-12-11-21(32-2)14-25(22)33-3/h4-15H,1-3H3,(H,28,29)(H,30,31). The Morgan fingerprint density at radius 1 is 0.882 bits per heavy atom. The van der Waals surface area contributed by atoms with Crippen molar-refractivity contribution in [2.24, 2.45) is 0 Å². The lowest BCUT2D eigenvalue weighted by molar-refractivity contribution is 0.0694. The van der Waals surface area contributed by atoms with Crippen molar-refractivity contribution in [3.63, 3.8) is 0 Å². The topological polar surface area (TPSA) is 98.0 Å². The molecule has 4 aromatic rings. The summed E-state index contributed by atoms with van der Waals surface area (Å²) in [5, 5.41) is 12.1. The van der Waals surface area contributed by atoms with Gasteiger partial charge in [-0.1, -0.05) is 12.1 Å². The van der Waals surface area contributed by atoms with Gasteiger partial charge in [-0.3, -0.25) is 4.79 Å². The molecular formula is C27H23NO6. The number of rotatable bonds is 7. The summed E-state index contributed by atoms with van der Waals surface area (Å²) in [7, 11) is 3.18. The molecule has 0 spiro atoms. The van der Waals surface area contributed by atoms with Crippen molar-refractivity contribution in [3.05, 3.63) is 89.7 Å². The SMILES string of the molecule is COc1ccc(-c2cccc(C(=O)Nc3ccc(-c4cc(C(=O)O)c(C)o4)cc3)c2)c(OC)c1. The van der Waals surface area contributed by atoms with Crippen LogP contribution in [-0.2, 0) is 0 Å². The van der Waals surface area contributed by atoms with Crippen LogP contribution in [0.5, 0.6) is 11.5 Å². The largest absolute Gasteiger partial charge is 0.497 e. The summed E-state index contributed by atoms with van der Waals surface area (Å²) < 4.78 is 16.3. The Bertz CT molecular complexity index is 1350. The minimum atomic E-state index is -1.04. The van der Waals surface area contributed by atoms with Gasteiger partial charge >= 0.3 is 5.97 Å². The number of benzene rings is 3. The number of methoxy groups -OCH3 is 2. The van der Waals surface area contributed by atoms with E-state index in [1.54, 1.807) is 63.6 Å². The molecule has 0 saturated heterocycles. The average Bonchev–Trinajstić information content (AvgIpc) is 3.26. The van der Waals surface area contributed by atoms with Gasteiger partial charge in [0, 0.05) is 28.4 Å². The molecule has 0 radical (unpaired) electrons. The van der Waals surface area contributed by atoms with Gasteiger partial charge in [0.05, 0.1) is 14.2 Å². The smallest absolute Gasteiger partial charge is 0.339 e. The highest BCUT2D eigenvalue weighted by Crippen LogP contribution is 2.34. The lowest BCUT2D eigenvalue weighted by atomic mass is 10.0. The zero-order valence-electron chi connectivity index (χ0n) is 18.9. The molecule has 0 atom stereocenters. The van der Waals surface area contributed by atoms with E-state index >= 15 is 0 Å². The van der Waals surface area contributed by atoms with Gasteiger partial charge in [0.25, 0.3) is 5.91 Å². The van der Waals surface area contributed by atoms with Gasteiger partial charge in [0.15, 0.2) is 0 Å². The fraction of sp³-hybridized carbons (Fsp3) is 0.111. The fourth-order valence-electron chi connectivity index (χ4n) is 3.62. The van der Waals surface area contributed by atoms with Crippen LogP contribution in [0, 0.1) is 6.92 Å². The molecule has 34 heavy (non-hydrogen) atoms. The molecule has 1 heterocycles. The fourth-order valence-corrected chi connectivity index (χ4v) is 3.62. The highest BCUT2D eigenvalue weighted by molar-refractivity contribution is 6.05. The Morgan fingerprint density at radius 3 is 2.29 bits per heavy atom. The Kier molecular flexibility index (Phi) is 6.36. The normalized spacial score (nSPS) is 10.6. The van der Waals surface area contributed by atoms with E-state index in [4.69, 9.17) is 13.9 Å². The van der Waals surface area contributed by atoms with Gasteiger partial charge in [-0.25, -0.2) is 4.79 Å². The Balaban J connectivity index is 1.53. The Labute approximate surface area is 196 Å². The summed E-state index contributed by atoms with van der Waals surface area (Å²) in [5.74, 6) is 0.825. The number of ether oxygens (including phenoxy) is 2. The number of aryl methyl sites for hydroxylation is 1. The van der Waals surface area contributed by atoms with Gasteiger partial charge in [-0.2, -0.15) is 0 Å². The number of aromatic carboxylic acids is 1. The number of carbonyl (C=O) groups excluding carboxylic acids is 1. The third-order valence-corrected chi connectivity index (χ3v) is 5.42. The molecule has 0 aliphatic heterocycles. The van der Waals surface area contributed by atoms with E-state index in [1.807, 2.05) is 24.3 Å². The van der Waals surface area contributed by atoms with Gasteiger partial charge in [0.2, 0.25) is 0 Å². The third-order valence-electron chi connectivity index (χ3n) is 5.42. The van der Waals surface area contributed by atoms with Crippen molar-refractivity contribution in [1.82, 2.24) is 0 Å². The molecular weight excluding hydrogens is 434 g/mol. The van der Waals surface area contributed by atoms with Crippen molar-refractivity contribution in [3.8, 4) is 33.9 Å². The first-order valence-electron chi connectivity index (χ1n) is 10.5. The number of carboxylic acid groups (broad SMARTS) is 1. The molecule has 0 saturated carbocycles. The second kappa shape index (κ2) is 9.54. The van der Waals surface area contributed by atoms with Crippen molar-refractivity contribution in [1.29, 1.82) is 0 Å². The molecule has 0 bridgehead atoms. The van der Waals surface area contributed by atoms with Crippen molar-refractivity contribution in [2.75, 3.05) is 19.5 Å². The van der Waals surface area contributed by atoms with Crippen LogP contribution < -0.4 is 14.8 Å². The van der Waals surface area contributed by atoms with E-state index < -0.39 is 5.97 Å². The minimum absolute atomic E-state index is 0.126. The van der Waals surface area contributed by atoms with Gasteiger partial charge < -0.3 is 24.3 Å². The summed E-state index contributed by atoms with van der Waals surface area (Å²) in [5.41, 5.74) is 3.61. The number of anilines is 1. The molecule has 4 rings (SSSR count). The highest BCUT2D eigenvalue weighted by Gasteiger charge is 2.15. The second-order valence-electron chi connectivity index (χ2n) is 7.56. The number of hydrogen-bond acceptors (Lipinski definition) is 5. The molecule has 0 unspecified atom stereocenters. The Hall–Kier alpha value is -4.52. The maximum atomic E-state index is 12.9. The Morgan fingerprint density at radius 2 is 1.65 bits per heavy atom. The number of hydrogen-bond donors (Lipinski definition) is 2. The average molecular weight is 457 g/mol. The molecule has 3 aromatic carbocycles. The number of carboxylic acids is 1. The quantitative estimate of drug-likeness (QED) is 0.359. The summed E-state index contributed by atoms with van der Waals surface area (Å²) in [6.45, 7) is 1.61. The third kappa shape index (κ3) is 4.63. The maximum Gasteiger partial charge on any atom is 0.339 e. The number of nitrogens with one attached hydrogen (secondary N) is 1. The van der Waals surface area contributed by atoms with Crippen LogP contribution in [0.15, 0.2) is 77.2 Å². The molecule has 7 heteroatoms. The van der Waals surface area contributed by atoms with E-state index in [-0.39, 0.29) is 11.5 Å². The van der Waals surface area contributed by atoms with E-state index in [1.165, 1.54) is 6.07 Å². The summed E-state index contributed by atoms with van der Waals surface area (Å²) >= 11 is 0. The summed E-state index contributed by atoms with van der Waals surface area (Å²) in [6, 6.07) is 21.3. The molecule has 1 amide bonds. The van der Waals surface area contributed by atoms with Crippen LogP contribution in [0.25, 0.3) is 22.5 Å². The minimum Gasteiger partial charge on any atom is -0.497 e. The van der Waals surface area contributed by atoms with Crippen LogP contribution in [0.4, 0.5) is 5.69 Å². The first-order valence-corrected chi connectivity index (χ1v) is 10.5. The van der Waals surface area contributed by atoms with Crippen LogP contribution in [0.2, 0.25) is 0 Å². The van der Waals surface area contributed by atoms with Crippen LogP contribution in [0.1, 0.15) is 26.5 Å². The van der Waals surface area contributed by atoms with Gasteiger partial charge in [-0.05, 0) is 67.1 Å². The maximum absolute atomic E-state index is 12.9. The number of furan rings is 1. The molecule has 7 nitrogen and oxygen atoms in total. The van der Waals surface area contributed by atoms with E-state index in [0.29, 0.717) is 39.8 Å². The predicted molar refractivity (Wildman–Crippen MR) is 129 cm³/mol. The molecule has 0 aliphatic rings. The van der Waals surface area contributed by atoms with E-state index in [2.05, 4.69) is 5.32 Å². The molecule has 1 aromatic heterocycles. The predicted octanol–water partition coefficient (Wildman–Crippen LogP) is 5.89. The van der Waals surface area contributed by atoms with Gasteiger partial charge in [0.1, 0.15) is 28.6 Å². The second-order valence-corrected chi connectivity index (χ2v) is 7.56. The zero-order chi connectivity index (χ0) is 24.2. The van der Waals surface area contributed by atoms with Crippen LogP contribution in [-0.4, -0.2) is 31.2 Å². The monoisotopic (exact) mass is 457 g/mol. The number of amides is 1. The molecule has 0 fully saturated rings. The summed E-state index contributed by atoms with van der Waals surface area (Å²) in [4.78, 5) is 24.1. The molecule has 172 valence electrons. The van der Waals surface area contributed by atoms with Gasteiger partial charge in [-0.15, -0.1) is 0 Å². The van der Waals surface area contributed by atoms with Crippen molar-refractivity contribution >= 4 is 17.6 Å². The summed E-state index contributed by atoms with van der Waals surface area (Å²) in [6.07, 6.45) is 0. The lowest BCUT2D eigenvalue weighted by Crippen LogP contribution is -2.11. The first kappa shape index (κ1) is 22.7. The van der Waals surface area contributed by atoms with E-state index in [0.717, 1.165) is 11.1 Å². The van der Waals surface area contributed by atoms with Crippen LogP contribution in [0.3, 0.4) is 0 Å². The first-order chi connectivity index (χ1) is 16.4. The molecule has 0 aliphatic carbocycles. The number of carbonyl (C=O) groups is 2. The zero-order valence-corrected chi connectivity index (χ0v) is 18.9.